The van der Waals surface area contributed by atoms with E-state index in [0.29, 0.717) is 12.8 Å². The predicted molar refractivity (Wildman–Crippen MR) is 240 cm³/mol. The molecule has 59 heavy (non-hydrogen) atoms. The summed E-state index contributed by atoms with van der Waals surface area (Å²) in [5, 5.41) is 8.89. The minimum absolute atomic E-state index is 0.0508. The molecule has 4 N–H and O–H groups in total. The predicted octanol–water partition coefficient (Wildman–Crippen LogP) is 12.1. The smallest absolute Gasteiger partial charge is 0.472 e. The molecule has 11 nitrogen and oxygen atoms in total. The normalized spacial score (nSPS) is 14.4. The van der Waals surface area contributed by atoms with Crippen molar-refractivity contribution < 1.29 is 47.5 Å². The molecule has 0 bridgehead atoms. The Morgan fingerprint density at radius 3 is 1.49 bits per heavy atom. The van der Waals surface area contributed by atoms with Gasteiger partial charge in [-0.3, -0.25) is 23.4 Å². The number of carbonyl (C=O) groups is 3. The molecule has 3 atom stereocenters. The van der Waals surface area contributed by atoms with Crippen LogP contribution in [0.25, 0.3) is 0 Å². The van der Waals surface area contributed by atoms with Gasteiger partial charge in [0.15, 0.2) is 6.10 Å². The van der Waals surface area contributed by atoms with E-state index in [1.54, 1.807) is 0 Å². The van der Waals surface area contributed by atoms with Crippen LogP contribution in [0.2, 0.25) is 0 Å². The van der Waals surface area contributed by atoms with Gasteiger partial charge in [0, 0.05) is 12.8 Å². The molecule has 0 saturated carbocycles. The van der Waals surface area contributed by atoms with Crippen LogP contribution >= 0.6 is 7.82 Å². The zero-order chi connectivity index (χ0) is 43.5. The molecule has 0 aromatic rings. The van der Waals surface area contributed by atoms with Crippen molar-refractivity contribution >= 4 is 25.7 Å². The van der Waals surface area contributed by atoms with Crippen LogP contribution in [-0.4, -0.2) is 59.9 Å². The maximum Gasteiger partial charge on any atom is 0.472 e. The Hall–Kier alpha value is -3.08. The molecule has 0 fully saturated rings. The first-order valence-electron chi connectivity index (χ1n) is 22.5. The third-order valence-corrected chi connectivity index (χ3v) is 10.2. The van der Waals surface area contributed by atoms with Crippen LogP contribution in [0.15, 0.2) is 72.9 Å². The summed E-state index contributed by atoms with van der Waals surface area (Å²) in [6.45, 7) is 2.61. The van der Waals surface area contributed by atoms with Gasteiger partial charge in [0.1, 0.15) is 12.6 Å². The van der Waals surface area contributed by atoms with Crippen molar-refractivity contribution in [3.63, 3.8) is 0 Å². The zero-order valence-electron chi connectivity index (χ0n) is 36.6. The zero-order valence-corrected chi connectivity index (χ0v) is 37.5. The van der Waals surface area contributed by atoms with E-state index in [4.69, 9.17) is 24.8 Å². The Morgan fingerprint density at radius 2 is 0.983 bits per heavy atom. The highest BCUT2D eigenvalue weighted by Crippen LogP contribution is 2.43. The third-order valence-electron chi connectivity index (χ3n) is 9.20. The molecule has 338 valence electrons. The third kappa shape index (κ3) is 41.4. The molecule has 0 aliphatic rings. The highest BCUT2D eigenvalue weighted by molar-refractivity contribution is 7.47. The number of aliphatic carboxylic acids is 1. The number of phosphoric acid groups is 1. The van der Waals surface area contributed by atoms with Crippen LogP contribution in [0.1, 0.15) is 174 Å². The lowest BCUT2D eigenvalue weighted by molar-refractivity contribution is -0.161. The standard InChI is InChI=1S/C47H80NO10P/c1-3-5-7-9-11-13-15-17-18-19-20-21-22-23-24-25-27-28-30-32-34-36-38-45(49)55-40-43(41-56-59(53,54)57-42-44(48)47(51)52)58-46(50)39-37-35-33-31-29-26-16-14-12-10-8-6-4-2/h5,7,11,13,17-18,20-21,26,29,33,35,43-44H,3-4,6,8-10,12,14-16,19,22-25,27-28,30-32,34,36-42,48H2,1-2H3,(H,51,52)(H,53,54)/b7-5+,13-11+,18-17+,21-20+,29-26+,35-33+/t43?,44-/m1/s1. The summed E-state index contributed by atoms with van der Waals surface area (Å²) >= 11 is 0. The number of carboxylic acid groups (broad SMARTS) is 1. The number of ether oxygens (including phenoxy) is 2. The van der Waals surface area contributed by atoms with Gasteiger partial charge in [-0.25, -0.2) is 4.57 Å². The number of esters is 2. The maximum atomic E-state index is 12.6. The molecule has 0 saturated heterocycles. The summed E-state index contributed by atoms with van der Waals surface area (Å²) < 4.78 is 32.6. The average Bonchev–Trinajstić information content (AvgIpc) is 3.21. The summed E-state index contributed by atoms with van der Waals surface area (Å²) in [6, 6.07) is -1.53. The average molecular weight is 850 g/mol. The van der Waals surface area contributed by atoms with E-state index in [9.17, 15) is 23.8 Å². The number of carboxylic acids is 1. The second-order valence-electron chi connectivity index (χ2n) is 14.8. The summed E-state index contributed by atoms with van der Waals surface area (Å²) in [6.07, 6.45) is 49.9. The van der Waals surface area contributed by atoms with Crippen molar-refractivity contribution in [2.75, 3.05) is 19.8 Å². The fourth-order valence-electron chi connectivity index (χ4n) is 5.70. The molecular formula is C47H80NO10P. The summed E-state index contributed by atoms with van der Waals surface area (Å²) in [7, 11) is -4.73. The van der Waals surface area contributed by atoms with Crippen molar-refractivity contribution in [1.29, 1.82) is 0 Å². The van der Waals surface area contributed by atoms with Gasteiger partial charge in [0.2, 0.25) is 0 Å². The van der Waals surface area contributed by atoms with E-state index in [2.05, 4.69) is 79.1 Å². The fourth-order valence-corrected chi connectivity index (χ4v) is 6.47. The number of unbranched alkanes of at least 4 members (excludes halogenated alkanes) is 15. The van der Waals surface area contributed by atoms with Crippen molar-refractivity contribution in [2.45, 2.75) is 187 Å². The number of nitrogens with two attached hydrogens (primary N) is 1. The van der Waals surface area contributed by atoms with Gasteiger partial charge in [-0.15, -0.1) is 0 Å². The Balaban J connectivity index is 4.35. The first-order valence-corrected chi connectivity index (χ1v) is 24.0. The van der Waals surface area contributed by atoms with E-state index in [-0.39, 0.29) is 19.4 Å². The van der Waals surface area contributed by atoms with Gasteiger partial charge in [0.05, 0.1) is 13.2 Å². The van der Waals surface area contributed by atoms with Crippen molar-refractivity contribution in [2.24, 2.45) is 5.73 Å². The van der Waals surface area contributed by atoms with E-state index < -0.39 is 51.1 Å². The topological polar surface area (TPSA) is 172 Å². The minimum Gasteiger partial charge on any atom is -0.480 e. The van der Waals surface area contributed by atoms with Gasteiger partial charge in [-0.2, -0.15) is 0 Å². The summed E-state index contributed by atoms with van der Waals surface area (Å²) in [5.41, 5.74) is 5.33. The number of allylic oxidation sites excluding steroid dienone is 12. The first kappa shape index (κ1) is 55.9. The monoisotopic (exact) mass is 850 g/mol. The Labute approximate surface area is 357 Å². The number of hydrogen-bond acceptors (Lipinski definition) is 9. The molecule has 0 rings (SSSR count). The molecule has 0 spiro atoms. The van der Waals surface area contributed by atoms with Gasteiger partial charge >= 0.3 is 25.7 Å². The summed E-state index contributed by atoms with van der Waals surface area (Å²) in [4.78, 5) is 45.9. The Bertz CT molecular complexity index is 1280. The van der Waals surface area contributed by atoms with Crippen LogP contribution in [0, 0.1) is 0 Å². The Kier molecular flexibility index (Phi) is 39.5. The maximum absolute atomic E-state index is 12.6. The number of carbonyl (C=O) groups excluding carboxylic acids is 2. The largest absolute Gasteiger partial charge is 0.480 e. The first-order chi connectivity index (χ1) is 28.6. The number of hydrogen-bond donors (Lipinski definition) is 3. The molecule has 0 aromatic heterocycles. The number of rotatable bonds is 41. The SMILES string of the molecule is CC/C=C/C/C=C/C/C=C/C/C=C/CCCCCCCCCCCC(=O)OCC(COP(=O)(O)OC[C@@H](N)C(=O)O)OC(=O)CC/C=C/C/C=C/CCCCCCCC. The van der Waals surface area contributed by atoms with Crippen LogP contribution < -0.4 is 5.73 Å². The van der Waals surface area contributed by atoms with Gasteiger partial charge < -0.3 is 25.2 Å². The van der Waals surface area contributed by atoms with E-state index in [1.165, 1.54) is 70.6 Å². The fraction of sp³-hybridized carbons (Fsp3) is 0.681. The number of phosphoric ester groups is 1. The Morgan fingerprint density at radius 1 is 0.542 bits per heavy atom. The molecule has 12 heteroatoms. The van der Waals surface area contributed by atoms with Gasteiger partial charge in [0.25, 0.3) is 0 Å². The molecule has 0 aromatic carbocycles. The van der Waals surface area contributed by atoms with Crippen LogP contribution in [0.4, 0.5) is 0 Å². The molecule has 2 unspecified atom stereocenters. The highest BCUT2D eigenvalue weighted by atomic mass is 31.2. The lowest BCUT2D eigenvalue weighted by atomic mass is 10.1. The van der Waals surface area contributed by atoms with E-state index >= 15 is 0 Å². The highest BCUT2D eigenvalue weighted by Gasteiger charge is 2.28. The lowest BCUT2D eigenvalue weighted by Crippen LogP contribution is -2.34. The summed E-state index contributed by atoms with van der Waals surface area (Å²) in [5.74, 6) is -2.48. The van der Waals surface area contributed by atoms with Crippen LogP contribution in [0.3, 0.4) is 0 Å². The van der Waals surface area contributed by atoms with Gasteiger partial charge in [-0.1, -0.05) is 164 Å². The molecule has 0 radical (unpaired) electrons. The molecule has 0 aliphatic carbocycles. The minimum atomic E-state index is -4.73. The van der Waals surface area contributed by atoms with Crippen molar-refractivity contribution in [1.82, 2.24) is 0 Å². The second kappa shape index (κ2) is 41.6. The molecule has 0 aliphatic heterocycles. The van der Waals surface area contributed by atoms with Crippen LogP contribution in [-0.2, 0) is 37.5 Å². The van der Waals surface area contributed by atoms with Gasteiger partial charge in [-0.05, 0) is 70.6 Å². The van der Waals surface area contributed by atoms with Crippen molar-refractivity contribution in [3.05, 3.63) is 72.9 Å². The van der Waals surface area contributed by atoms with E-state index in [1.807, 2.05) is 12.2 Å². The molecule has 0 heterocycles. The van der Waals surface area contributed by atoms with Crippen LogP contribution in [0.5, 0.6) is 0 Å². The second-order valence-corrected chi connectivity index (χ2v) is 16.2. The van der Waals surface area contributed by atoms with E-state index in [0.717, 1.165) is 64.2 Å². The lowest BCUT2D eigenvalue weighted by Gasteiger charge is -2.20. The van der Waals surface area contributed by atoms with Crippen molar-refractivity contribution in [3.8, 4) is 0 Å². The molecule has 0 amide bonds. The quantitative estimate of drug-likeness (QED) is 0.0231. The molecular weight excluding hydrogens is 769 g/mol.